The average Bonchev–Trinajstić information content (AvgIpc) is 3.12. The number of halogens is 2. The number of alkyl halides is 2. The van der Waals surface area contributed by atoms with Gasteiger partial charge in [0.2, 0.25) is 17.7 Å². The molecule has 1 unspecified atom stereocenters. The van der Waals surface area contributed by atoms with Gasteiger partial charge in [0.05, 0.1) is 6.10 Å². The van der Waals surface area contributed by atoms with Crippen molar-refractivity contribution in [2.24, 2.45) is 5.92 Å². The predicted octanol–water partition coefficient (Wildman–Crippen LogP) is 2.69. The Labute approximate surface area is 203 Å². The third-order valence-electron chi connectivity index (χ3n) is 8.22. The zero-order valence-electron chi connectivity index (χ0n) is 19.8. The van der Waals surface area contributed by atoms with E-state index in [1.165, 1.54) is 0 Å². The molecule has 1 aromatic rings. The maximum atomic E-state index is 13.6. The molecule has 0 radical (unpaired) electrons. The van der Waals surface area contributed by atoms with Crippen molar-refractivity contribution in [2.75, 3.05) is 0 Å². The molecule has 0 aromatic heterocycles. The van der Waals surface area contributed by atoms with E-state index in [1.54, 1.807) is 4.90 Å². The summed E-state index contributed by atoms with van der Waals surface area (Å²) in [7, 11) is 0. The Morgan fingerprint density at radius 3 is 2.60 bits per heavy atom. The van der Waals surface area contributed by atoms with E-state index in [0.717, 1.165) is 30.4 Å². The minimum Gasteiger partial charge on any atom is -0.393 e. The first-order chi connectivity index (χ1) is 16.7. The highest BCUT2D eigenvalue weighted by Crippen LogP contribution is 2.36. The second kappa shape index (κ2) is 9.58. The fourth-order valence-electron chi connectivity index (χ4n) is 6.23. The number of aliphatic hydroxyl groups excluding tert-OH is 1. The molecule has 5 rings (SSSR count). The van der Waals surface area contributed by atoms with Crippen molar-refractivity contribution >= 4 is 17.7 Å². The van der Waals surface area contributed by atoms with Gasteiger partial charge in [-0.15, -0.1) is 0 Å². The number of carbonyl (C=O) groups excluding carboxylic acids is 3. The van der Waals surface area contributed by atoms with Crippen LogP contribution in [-0.2, 0) is 22.6 Å². The van der Waals surface area contributed by atoms with Crippen LogP contribution in [0.15, 0.2) is 18.2 Å². The number of benzene rings is 1. The highest BCUT2D eigenvalue weighted by Gasteiger charge is 2.40. The molecule has 2 saturated carbocycles. The molecule has 3 N–H and O–H groups in total. The summed E-state index contributed by atoms with van der Waals surface area (Å²) < 4.78 is 27.1. The van der Waals surface area contributed by atoms with Gasteiger partial charge < -0.3 is 15.3 Å². The maximum absolute atomic E-state index is 13.6. The van der Waals surface area contributed by atoms with Crippen molar-refractivity contribution in [3.63, 3.8) is 0 Å². The van der Waals surface area contributed by atoms with Crippen LogP contribution in [0.1, 0.15) is 79.3 Å². The molecule has 7 nitrogen and oxygen atoms in total. The number of nitrogens with one attached hydrogen (secondary N) is 2. The second-order valence-electron chi connectivity index (χ2n) is 10.7. The molecule has 9 heteroatoms. The van der Waals surface area contributed by atoms with Crippen molar-refractivity contribution in [3.8, 4) is 0 Å². The van der Waals surface area contributed by atoms with Gasteiger partial charge in [-0.05, 0) is 68.1 Å². The van der Waals surface area contributed by atoms with Crippen LogP contribution in [0.25, 0.3) is 0 Å². The van der Waals surface area contributed by atoms with E-state index in [4.69, 9.17) is 0 Å². The lowest BCUT2D eigenvalue weighted by Gasteiger charge is -2.39. The number of fused-ring (bicyclic) bond motifs is 1. The second-order valence-corrected chi connectivity index (χ2v) is 10.7. The van der Waals surface area contributed by atoms with Gasteiger partial charge in [-0.25, -0.2) is 8.78 Å². The summed E-state index contributed by atoms with van der Waals surface area (Å²) in [5.74, 6) is -3.20. The van der Waals surface area contributed by atoms with Crippen molar-refractivity contribution in [2.45, 2.75) is 101 Å². The number of amides is 3. The standard InChI is InChI=1S/C26H33F2N3O4/c27-26(28)9-7-18(8-10-26)29-21-13-19(32)3-2-16(21)11-15-1-4-20-17(12-15)14-31(25(20)35)22-5-6-23(33)30-24(22)34/h1,4,12,16,18-19,21-22,29,32H,2-3,5-11,13-14H2,(H,30,33,34)/t16-,19+,21+,22?/m1/s1. The van der Waals surface area contributed by atoms with Crippen LogP contribution in [0.3, 0.4) is 0 Å². The number of imide groups is 1. The summed E-state index contributed by atoms with van der Waals surface area (Å²) in [5, 5.41) is 16.2. The lowest BCUT2D eigenvalue weighted by Crippen LogP contribution is -2.52. The van der Waals surface area contributed by atoms with Gasteiger partial charge in [0.15, 0.2) is 0 Å². The fourth-order valence-corrected chi connectivity index (χ4v) is 6.23. The molecule has 1 aromatic carbocycles. The Morgan fingerprint density at radius 2 is 1.86 bits per heavy atom. The Hall–Kier alpha value is -2.39. The quantitative estimate of drug-likeness (QED) is 0.553. The van der Waals surface area contributed by atoms with E-state index in [0.29, 0.717) is 37.8 Å². The van der Waals surface area contributed by atoms with Crippen LogP contribution in [0.4, 0.5) is 8.78 Å². The highest BCUT2D eigenvalue weighted by atomic mass is 19.3. The van der Waals surface area contributed by atoms with E-state index >= 15 is 0 Å². The normalized spacial score (nSPS) is 31.4. The smallest absolute Gasteiger partial charge is 0.255 e. The van der Waals surface area contributed by atoms with E-state index in [9.17, 15) is 28.3 Å². The average molecular weight is 490 g/mol. The number of hydrogen-bond acceptors (Lipinski definition) is 5. The number of aliphatic hydroxyl groups is 1. The molecular weight excluding hydrogens is 456 g/mol. The van der Waals surface area contributed by atoms with Crippen LogP contribution in [0.2, 0.25) is 0 Å². The summed E-state index contributed by atoms with van der Waals surface area (Å²) in [5.41, 5.74) is 2.56. The third-order valence-corrected chi connectivity index (χ3v) is 8.22. The lowest BCUT2D eigenvalue weighted by atomic mass is 9.78. The van der Waals surface area contributed by atoms with E-state index < -0.39 is 17.9 Å². The van der Waals surface area contributed by atoms with E-state index in [2.05, 4.69) is 10.6 Å². The molecule has 0 bridgehead atoms. The molecule has 0 spiro atoms. The zero-order valence-corrected chi connectivity index (χ0v) is 19.8. The molecule has 35 heavy (non-hydrogen) atoms. The fraction of sp³-hybridized carbons (Fsp3) is 0.654. The van der Waals surface area contributed by atoms with Gasteiger partial charge in [0, 0.05) is 43.5 Å². The molecule has 4 aliphatic rings. The van der Waals surface area contributed by atoms with Crippen molar-refractivity contribution < 1.29 is 28.3 Å². The summed E-state index contributed by atoms with van der Waals surface area (Å²) in [6.45, 7) is 0.343. The predicted molar refractivity (Wildman–Crippen MR) is 124 cm³/mol. The molecule has 2 heterocycles. The third kappa shape index (κ3) is 5.26. The topological polar surface area (TPSA) is 98.7 Å². The minimum atomic E-state index is -2.56. The summed E-state index contributed by atoms with van der Waals surface area (Å²) >= 11 is 0. The molecule has 190 valence electrons. The minimum absolute atomic E-state index is 0.0483. The van der Waals surface area contributed by atoms with Gasteiger partial charge in [-0.3, -0.25) is 19.7 Å². The van der Waals surface area contributed by atoms with Crippen LogP contribution in [-0.4, -0.2) is 57.9 Å². The van der Waals surface area contributed by atoms with E-state index in [-0.39, 0.29) is 55.2 Å². The largest absolute Gasteiger partial charge is 0.393 e. The monoisotopic (exact) mass is 489 g/mol. The first kappa shape index (κ1) is 24.3. The zero-order chi connectivity index (χ0) is 24.7. The van der Waals surface area contributed by atoms with Crippen LogP contribution >= 0.6 is 0 Å². The maximum Gasteiger partial charge on any atom is 0.255 e. The van der Waals surface area contributed by atoms with Crippen molar-refractivity contribution in [3.05, 3.63) is 34.9 Å². The summed E-state index contributed by atoms with van der Waals surface area (Å²) in [6, 6.07) is 5.28. The first-order valence-electron chi connectivity index (χ1n) is 12.8. The van der Waals surface area contributed by atoms with Crippen LogP contribution in [0.5, 0.6) is 0 Å². The molecule has 2 aliphatic heterocycles. The number of hydrogen-bond donors (Lipinski definition) is 3. The first-order valence-corrected chi connectivity index (χ1v) is 12.8. The van der Waals surface area contributed by atoms with Gasteiger partial charge in [0.1, 0.15) is 6.04 Å². The molecule has 2 aliphatic carbocycles. The molecule has 3 amide bonds. The molecular formula is C26H33F2N3O4. The number of rotatable bonds is 5. The molecule has 1 saturated heterocycles. The SMILES string of the molecule is O=C1CCC(N2Cc3cc(C[C@H]4CC[C@H](O)C[C@@H]4NC4CCC(F)(F)CC4)ccc3C2=O)C(=O)N1. The number of carbonyl (C=O) groups is 3. The summed E-state index contributed by atoms with van der Waals surface area (Å²) in [6.07, 6.45) is 3.85. The van der Waals surface area contributed by atoms with Crippen molar-refractivity contribution in [1.82, 2.24) is 15.5 Å². The van der Waals surface area contributed by atoms with E-state index in [1.807, 2.05) is 18.2 Å². The van der Waals surface area contributed by atoms with Gasteiger partial charge >= 0.3 is 0 Å². The molecule has 4 atom stereocenters. The summed E-state index contributed by atoms with van der Waals surface area (Å²) in [4.78, 5) is 38.3. The molecule has 3 fully saturated rings. The Balaban J connectivity index is 1.25. The Kier molecular flexibility index (Phi) is 6.65. The van der Waals surface area contributed by atoms with Crippen molar-refractivity contribution in [1.29, 1.82) is 0 Å². The Bertz CT molecular complexity index is 1010. The van der Waals surface area contributed by atoms with Gasteiger partial charge in [0.25, 0.3) is 5.91 Å². The van der Waals surface area contributed by atoms with Gasteiger partial charge in [-0.1, -0.05) is 12.1 Å². The number of nitrogens with zero attached hydrogens (tertiary/aromatic N) is 1. The van der Waals surface area contributed by atoms with Crippen LogP contribution in [0, 0.1) is 5.92 Å². The van der Waals surface area contributed by atoms with Gasteiger partial charge in [-0.2, -0.15) is 0 Å². The highest BCUT2D eigenvalue weighted by molar-refractivity contribution is 6.05. The van der Waals surface area contributed by atoms with Crippen LogP contribution < -0.4 is 10.6 Å². The Morgan fingerprint density at radius 1 is 1.09 bits per heavy atom. The lowest BCUT2D eigenvalue weighted by molar-refractivity contribution is -0.136. The number of piperidine rings is 1.